The number of carbonyl (C=O) groups is 2. The minimum Gasteiger partial charge on any atom is -0.369 e. The van der Waals surface area contributed by atoms with Crippen LogP contribution in [-0.2, 0) is 9.59 Å². The molecular formula is C13H25N3O2. The van der Waals surface area contributed by atoms with Crippen molar-refractivity contribution in [3.63, 3.8) is 0 Å². The molecule has 0 saturated carbocycles. The first-order valence-corrected chi connectivity index (χ1v) is 6.77. The highest BCUT2D eigenvalue weighted by molar-refractivity contribution is 5.80. The maximum absolute atomic E-state index is 12.2. The lowest BCUT2D eigenvalue weighted by Gasteiger charge is -2.37. The van der Waals surface area contributed by atoms with Crippen molar-refractivity contribution in [2.75, 3.05) is 13.1 Å². The molecule has 3 N–H and O–H groups in total. The molecule has 2 amide bonds. The molecule has 1 fully saturated rings. The van der Waals surface area contributed by atoms with E-state index < -0.39 is 0 Å². The van der Waals surface area contributed by atoms with E-state index in [-0.39, 0.29) is 29.8 Å². The quantitative estimate of drug-likeness (QED) is 0.750. The maximum Gasteiger partial charge on any atom is 0.224 e. The number of nitrogens with two attached hydrogens (primary N) is 1. The number of likely N-dealkylation sites (tertiary alicyclic amines) is 1. The highest BCUT2D eigenvalue weighted by atomic mass is 16.2. The van der Waals surface area contributed by atoms with Crippen LogP contribution in [0.15, 0.2) is 0 Å². The van der Waals surface area contributed by atoms with Gasteiger partial charge in [0.2, 0.25) is 11.8 Å². The summed E-state index contributed by atoms with van der Waals surface area (Å²) in [6.45, 7) is 7.39. The first-order valence-electron chi connectivity index (χ1n) is 6.77. The van der Waals surface area contributed by atoms with Crippen LogP contribution < -0.4 is 11.1 Å². The highest BCUT2D eigenvalue weighted by Crippen LogP contribution is 2.22. The number of nitrogens with zero attached hydrogens (tertiary/aromatic N) is 1. The number of primary amides is 1. The molecule has 1 heterocycles. The molecule has 0 spiro atoms. The summed E-state index contributed by atoms with van der Waals surface area (Å²) in [4.78, 5) is 25.2. The Morgan fingerprint density at radius 2 is 2.11 bits per heavy atom. The van der Waals surface area contributed by atoms with Crippen molar-refractivity contribution in [3.05, 3.63) is 0 Å². The number of hydrogen-bond acceptors (Lipinski definition) is 3. The van der Waals surface area contributed by atoms with Crippen LogP contribution in [0.1, 0.15) is 40.0 Å². The summed E-state index contributed by atoms with van der Waals surface area (Å²) >= 11 is 0. The van der Waals surface area contributed by atoms with Crippen molar-refractivity contribution < 1.29 is 9.59 Å². The Hall–Kier alpha value is -1.10. The van der Waals surface area contributed by atoms with E-state index in [1.54, 1.807) is 0 Å². The van der Waals surface area contributed by atoms with Gasteiger partial charge in [0, 0.05) is 25.0 Å². The van der Waals surface area contributed by atoms with Crippen molar-refractivity contribution in [3.8, 4) is 0 Å². The molecule has 1 aliphatic heterocycles. The molecule has 0 aliphatic carbocycles. The Bertz CT molecular complexity index is 307. The second-order valence-electron chi connectivity index (χ2n) is 5.23. The second kappa shape index (κ2) is 6.73. The van der Waals surface area contributed by atoms with E-state index in [0.717, 1.165) is 19.4 Å². The van der Waals surface area contributed by atoms with Crippen molar-refractivity contribution in [2.24, 2.45) is 11.7 Å². The van der Waals surface area contributed by atoms with Gasteiger partial charge in [-0.3, -0.25) is 9.59 Å². The molecule has 5 nitrogen and oxygen atoms in total. The van der Waals surface area contributed by atoms with Gasteiger partial charge in [-0.25, -0.2) is 0 Å². The van der Waals surface area contributed by atoms with Gasteiger partial charge in [0.1, 0.15) is 0 Å². The van der Waals surface area contributed by atoms with E-state index in [2.05, 4.69) is 5.32 Å². The third-order valence-electron chi connectivity index (χ3n) is 3.64. The van der Waals surface area contributed by atoms with Crippen LogP contribution in [-0.4, -0.2) is 41.9 Å². The Labute approximate surface area is 109 Å². The number of piperidine rings is 1. The normalized spacial score (nSPS) is 25.8. The van der Waals surface area contributed by atoms with Crippen molar-refractivity contribution in [1.82, 2.24) is 10.2 Å². The zero-order valence-corrected chi connectivity index (χ0v) is 11.6. The fourth-order valence-electron chi connectivity index (χ4n) is 2.49. The van der Waals surface area contributed by atoms with Crippen LogP contribution in [0.4, 0.5) is 0 Å². The van der Waals surface area contributed by atoms with Crippen molar-refractivity contribution >= 4 is 11.8 Å². The predicted molar refractivity (Wildman–Crippen MR) is 70.8 cm³/mol. The van der Waals surface area contributed by atoms with Crippen LogP contribution in [0.25, 0.3) is 0 Å². The number of nitrogens with one attached hydrogen (secondary N) is 1. The summed E-state index contributed by atoms with van der Waals surface area (Å²) in [6.07, 6.45) is 2.13. The molecule has 0 aromatic rings. The highest BCUT2D eigenvalue weighted by Gasteiger charge is 2.31. The van der Waals surface area contributed by atoms with Crippen molar-refractivity contribution in [2.45, 2.75) is 52.1 Å². The van der Waals surface area contributed by atoms with Gasteiger partial charge in [-0.05, 0) is 33.2 Å². The molecule has 1 rings (SSSR count). The summed E-state index contributed by atoms with van der Waals surface area (Å²) in [5.74, 6) is -0.360. The average molecular weight is 255 g/mol. The minimum atomic E-state index is -0.292. The van der Waals surface area contributed by atoms with Gasteiger partial charge in [-0.15, -0.1) is 0 Å². The molecule has 18 heavy (non-hydrogen) atoms. The van der Waals surface area contributed by atoms with Crippen molar-refractivity contribution in [1.29, 1.82) is 0 Å². The molecule has 1 aliphatic rings. The molecule has 0 aromatic carbocycles. The van der Waals surface area contributed by atoms with E-state index in [0.29, 0.717) is 13.0 Å². The Kier molecular flexibility index (Phi) is 5.59. The maximum atomic E-state index is 12.2. The zero-order chi connectivity index (χ0) is 13.7. The van der Waals surface area contributed by atoms with Gasteiger partial charge < -0.3 is 16.0 Å². The van der Waals surface area contributed by atoms with Gasteiger partial charge in [0.15, 0.2) is 0 Å². The number of hydrogen-bond donors (Lipinski definition) is 2. The van der Waals surface area contributed by atoms with E-state index in [1.807, 2.05) is 25.7 Å². The fraction of sp³-hybridized carbons (Fsp3) is 0.846. The molecule has 3 unspecified atom stereocenters. The molecule has 0 radical (unpaired) electrons. The Balaban J connectivity index is 2.56. The van der Waals surface area contributed by atoms with Gasteiger partial charge in [0.25, 0.3) is 0 Å². The summed E-state index contributed by atoms with van der Waals surface area (Å²) in [6, 6.07) is 0.380. The lowest BCUT2D eigenvalue weighted by atomic mass is 9.92. The summed E-state index contributed by atoms with van der Waals surface area (Å²) in [5.41, 5.74) is 5.33. The smallest absolute Gasteiger partial charge is 0.224 e. The number of amides is 2. The summed E-state index contributed by atoms with van der Waals surface area (Å²) < 4.78 is 0. The molecule has 3 atom stereocenters. The van der Waals surface area contributed by atoms with Gasteiger partial charge >= 0.3 is 0 Å². The van der Waals surface area contributed by atoms with E-state index >= 15 is 0 Å². The van der Waals surface area contributed by atoms with E-state index in [1.165, 1.54) is 0 Å². The van der Waals surface area contributed by atoms with Crippen LogP contribution in [0.3, 0.4) is 0 Å². The van der Waals surface area contributed by atoms with Gasteiger partial charge in [0.05, 0.1) is 5.92 Å². The van der Waals surface area contributed by atoms with Gasteiger partial charge in [-0.2, -0.15) is 0 Å². The van der Waals surface area contributed by atoms with Crippen LogP contribution in [0.5, 0.6) is 0 Å². The lowest BCUT2D eigenvalue weighted by Crippen LogP contribution is -2.49. The molecule has 0 aromatic heterocycles. The molecule has 1 saturated heterocycles. The minimum absolute atomic E-state index is 0.113. The first kappa shape index (κ1) is 15.0. The predicted octanol–water partition coefficient (Wildman–Crippen LogP) is 0.487. The fourth-order valence-corrected chi connectivity index (χ4v) is 2.49. The van der Waals surface area contributed by atoms with Gasteiger partial charge in [-0.1, -0.05) is 6.92 Å². The van der Waals surface area contributed by atoms with E-state index in [9.17, 15) is 9.59 Å². The molecule has 5 heteroatoms. The topological polar surface area (TPSA) is 75.4 Å². The second-order valence-corrected chi connectivity index (χ2v) is 5.23. The zero-order valence-electron chi connectivity index (χ0n) is 11.6. The molecule has 0 bridgehead atoms. The monoisotopic (exact) mass is 255 g/mol. The summed E-state index contributed by atoms with van der Waals surface area (Å²) in [7, 11) is 0. The lowest BCUT2D eigenvalue weighted by molar-refractivity contribution is -0.138. The average Bonchev–Trinajstić information content (AvgIpc) is 2.29. The standard InChI is InChI=1S/C13H25N3O2/c1-4-15-9(2)7-12(17)16-8-11(13(14)18)6-5-10(16)3/h9-11,15H,4-8H2,1-3H3,(H2,14,18). The van der Waals surface area contributed by atoms with E-state index in [4.69, 9.17) is 5.73 Å². The molecule has 104 valence electrons. The van der Waals surface area contributed by atoms with Crippen LogP contribution >= 0.6 is 0 Å². The number of rotatable bonds is 5. The third-order valence-corrected chi connectivity index (χ3v) is 3.64. The van der Waals surface area contributed by atoms with Crippen LogP contribution in [0.2, 0.25) is 0 Å². The largest absolute Gasteiger partial charge is 0.369 e. The molecular weight excluding hydrogens is 230 g/mol. The Morgan fingerprint density at radius 1 is 1.44 bits per heavy atom. The number of carbonyl (C=O) groups excluding carboxylic acids is 2. The SMILES string of the molecule is CCNC(C)CC(=O)N1CC(C(N)=O)CCC1C. The Morgan fingerprint density at radius 3 is 2.67 bits per heavy atom. The third kappa shape index (κ3) is 3.98. The van der Waals surface area contributed by atoms with Crippen LogP contribution in [0, 0.1) is 5.92 Å². The first-order chi connectivity index (χ1) is 8.45. The summed E-state index contributed by atoms with van der Waals surface area (Å²) in [5, 5.41) is 3.23.